The molecule has 3 aromatic rings. The lowest BCUT2D eigenvalue weighted by Gasteiger charge is -2.07. The molecule has 0 bridgehead atoms. The summed E-state index contributed by atoms with van der Waals surface area (Å²) in [7, 11) is 0. The summed E-state index contributed by atoms with van der Waals surface area (Å²) in [6.45, 7) is 0. The number of halogens is 2. The second-order valence-corrected chi connectivity index (χ2v) is 4.38. The van der Waals surface area contributed by atoms with Crippen molar-refractivity contribution in [3.63, 3.8) is 0 Å². The number of nitrogens with zero attached hydrogens (tertiary/aromatic N) is 4. The number of rotatable bonds is 3. The summed E-state index contributed by atoms with van der Waals surface area (Å²) in [5, 5.41) is 13.2. The van der Waals surface area contributed by atoms with Gasteiger partial charge in [-0.05, 0) is 52.9 Å². The van der Waals surface area contributed by atoms with E-state index in [2.05, 4.69) is 20.8 Å². The maximum Gasteiger partial charge on any atom is 0.258 e. The molecule has 3 rings (SSSR count). The minimum absolute atomic E-state index is 0.357. The number of carbonyl (C=O) groups excluding carboxylic acids is 1. The lowest BCUT2D eigenvalue weighted by molar-refractivity contribution is 0.102. The Balaban J connectivity index is 1.78. The number of hydrogen-bond donors (Lipinski definition) is 1. The van der Waals surface area contributed by atoms with Gasteiger partial charge in [0.05, 0.1) is 11.3 Å². The molecule has 22 heavy (non-hydrogen) atoms. The standard InChI is InChI=1S/C14H9F2N5O/c15-9-1-6-13(16)12(7-9)14(22)18-10-2-4-11(5-3-10)21-8-17-19-20-21/h1-8H,(H,18,22). The molecular formula is C14H9F2N5O. The van der Waals surface area contributed by atoms with Crippen molar-refractivity contribution in [2.45, 2.75) is 0 Å². The first-order valence-electron chi connectivity index (χ1n) is 6.23. The van der Waals surface area contributed by atoms with Gasteiger partial charge in [0.25, 0.3) is 5.91 Å². The van der Waals surface area contributed by atoms with E-state index in [-0.39, 0.29) is 5.56 Å². The number of benzene rings is 2. The summed E-state index contributed by atoms with van der Waals surface area (Å²) >= 11 is 0. The van der Waals surface area contributed by atoms with Crippen molar-refractivity contribution in [3.8, 4) is 5.69 Å². The molecule has 8 heteroatoms. The average Bonchev–Trinajstić information content (AvgIpc) is 3.05. The van der Waals surface area contributed by atoms with E-state index in [0.29, 0.717) is 11.4 Å². The zero-order chi connectivity index (χ0) is 15.5. The lowest BCUT2D eigenvalue weighted by Crippen LogP contribution is -2.14. The molecule has 0 unspecified atom stereocenters. The van der Waals surface area contributed by atoms with Gasteiger partial charge in [-0.25, -0.2) is 13.5 Å². The second kappa shape index (κ2) is 5.68. The van der Waals surface area contributed by atoms with Crippen LogP contribution in [0.2, 0.25) is 0 Å². The Hall–Kier alpha value is -3.16. The average molecular weight is 301 g/mol. The molecule has 0 aliphatic carbocycles. The van der Waals surface area contributed by atoms with Crippen LogP contribution in [-0.2, 0) is 0 Å². The van der Waals surface area contributed by atoms with Crippen LogP contribution >= 0.6 is 0 Å². The third kappa shape index (κ3) is 2.80. The van der Waals surface area contributed by atoms with E-state index in [1.54, 1.807) is 24.3 Å². The van der Waals surface area contributed by atoms with Gasteiger partial charge >= 0.3 is 0 Å². The van der Waals surface area contributed by atoms with Crippen LogP contribution in [-0.4, -0.2) is 26.1 Å². The summed E-state index contributed by atoms with van der Waals surface area (Å²) in [5.41, 5.74) is 0.773. The molecule has 110 valence electrons. The zero-order valence-corrected chi connectivity index (χ0v) is 11.1. The number of tetrazole rings is 1. The maximum atomic E-state index is 13.5. The fraction of sp³-hybridized carbons (Fsp3) is 0. The highest BCUT2D eigenvalue weighted by Crippen LogP contribution is 2.15. The Kier molecular flexibility index (Phi) is 3.57. The number of nitrogens with one attached hydrogen (secondary N) is 1. The van der Waals surface area contributed by atoms with Crippen molar-refractivity contribution in [2.24, 2.45) is 0 Å². The van der Waals surface area contributed by atoms with Gasteiger partial charge in [-0.1, -0.05) is 0 Å². The van der Waals surface area contributed by atoms with Crippen LogP contribution in [0.4, 0.5) is 14.5 Å². The van der Waals surface area contributed by atoms with E-state index in [9.17, 15) is 13.6 Å². The molecule has 1 heterocycles. The molecule has 0 radical (unpaired) electrons. The van der Waals surface area contributed by atoms with Crippen LogP contribution in [0.15, 0.2) is 48.8 Å². The van der Waals surface area contributed by atoms with Gasteiger partial charge in [-0.2, -0.15) is 0 Å². The van der Waals surface area contributed by atoms with Crippen molar-refractivity contribution in [1.29, 1.82) is 0 Å². The van der Waals surface area contributed by atoms with E-state index in [4.69, 9.17) is 0 Å². The second-order valence-electron chi connectivity index (χ2n) is 4.38. The summed E-state index contributed by atoms with van der Waals surface area (Å²) in [6.07, 6.45) is 1.43. The molecule has 0 spiro atoms. The Morgan fingerprint density at radius 1 is 1.09 bits per heavy atom. The van der Waals surface area contributed by atoms with Gasteiger partial charge in [-0.3, -0.25) is 4.79 Å². The van der Waals surface area contributed by atoms with Gasteiger partial charge in [0.2, 0.25) is 0 Å². The molecular weight excluding hydrogens is 292 g/mol. The number of aromatic nitrogens is 4. The third-order valence-electron chi connectivity index (χ3n) is 2.91. The zero-order valence-electron chi connectivity index (χ0n) is 11.1. The van der Waals surface area contributed by atoms with E-state index >= 15 is 0 Å². The van der Waals surface area contributed by atoms with Gasteiger partial charge < -0.3 is 5.32 Å². The predicted molar refractivity (Wildman–Crippen MR) is 73.5 cm³/mol. The van der Waals surface area contributed by atoms with E-state index in [1.807, 2.05) is 0 Å². The number of amides is 1. The quantitative estimate of drug-likeness (QED) is 0.805. The van der Waals surface area contributed by atoms with Crippen LogP contribution in [0.3, 0.4) is 0 Å². The molecule has 0 aliphatic heterocycles. The van der Waals surface area contributed by atoms with Crippen LogP contribution in [0.5, 0.6) is 0 Å². The normalized spacial score (nSPS) is 10.5. The SMILES string of the molecule is O=C(Nc1ccc(-n2cnnn2)cc1)c1cc(F)ccc1F. The first-order chi connectivity index (χ1) is 10.6. The predicted octanol–water partition coefficient (Wildman–Crippen LogP) is 2.19. The van der Waals surface area contributed by atoms with Crippen molar-refractivity contribution < 1.29 is 13.6 Å². The summed E-state index contributed by atoms with van der Waals surface area (Å²) < 4.78 is 28.1. The molecule has 0 fully saturated rings. The molecule has 0 atom stereocenters. The molecule has 1 N–H and O–H groups in total. The molecule has 0 saturated heterocycles. The highest BCUT2D eigenvalue weighted by Gasteiger charge is 2.13. The molecule has 0 aliphatic rings. The van der Waals surface area contributed by atoms with Crippen molar-refractivity contribution >= 4 is 11.6 Å². The highest BCUT2D eigenvalue weighted by molar-refractivity contribution is 6.04. The summed E-state index contributed by atoms with van der Waals surface area (Å²) in [6, 6.07) is 9.26. The van der Waals surface area contributed by atoms with Gasteiger partial charge in [0.1, 0.15) is 18.0 Å². The fourth-order valence-electron chi connectivity index (χ4n) is 1.85. The lowest BCUT2D eigenvalue weighted by atomic mass is 10.2. The van der Waals surface area contributed by atoms with Crippen LogP contribution < -0.4 is 5.32 Å². The van der Waals surface area contributed by atoms with E-state index < -0.39 is 17.5 Å². The van der Waals surface area contributed by atoms with Crippen molar-refractivity contribution in [1.82, 2.24) is 20.2 Å². The van der Waals surface area contributed by atoms with E-state index in [0.717, 1.165) is 18.2 Å². The molecule has 0 saturated carbocycles. The van der Waals surface area contributed by atoms with Crippen molar-refractivity contribution in [2.75, 3.05) is 5.32 Å². The first kappa shape index (κ1) is 13.8. The van der Waals surface area contributed by atoms with Crippen molar-refractivity contribution in [3.05, 3.63) is 66.0 Å². The van der Waals surface area contributed by atoms with E-state index in [1.165, 1.54) is 11.0 Å². The topological polar surface area (TPSA) is 72.7 Å². The highest BCUT2D eigenvalue weighted by atomic mass is 19.1. The minimum atomic E-state index is -0.788. The van der Waals surface area contributed by atoms with Crippen LogP contribution in [0, 0.1) is 11.6 Å². The molecule has 1 aromatic heterocycles. The Bertz CT molecular complexity index is 803. The largest absolute Gasteiger partial charge is 0.322 e. The Morgan fingerprint density at radius 2 is 1.86 bits per heavy atom. The van der Waals surface area contributed by atoms with Crippen LogP contribution in [0.25, 0.3) is 5.69 Å². The summed E-state index contributed by atoms with van der Waals surface area (Å²) in [4.78, 5) is 11.9. The Labute approximate surface area is 123 Å². The van der Waals surface area contributed by atoms with Crippen LogP contribution in [0.1, 0.15) is 10.4 Å². The van der Waals surface area contributed by atoms with Gasteiger partial charge in [0, 0.05) is 5.69 Å². The van der Waals surface area contributed by atoms with Gasteiger partial charge in [0.15, 0.2) is 0 Å². The first-order valence-corrected chi connectivity index (χ1v) is 6.23. The Morgan fingerprint density at radius 3 is 2.55 bits per heavy atom. The fourth-order valence-corrected chi connectivity index (χ4v) is 1.85. The number of carbonyl (C=O) groups is 1. The monoisotopic (exact) mass is 301 g/mol. The molecule has 6 nitrogen and oxygen atoms in total. The smallest absolute Gasteiger partial charge is 0.258 e. The minimum Gasteiger partial charge on any atom is -0.322 e. The number of anilines is 1. The summed E-state index contributed by atoms with van der Waals surface area (Å²) in [5.74, 6) is -2.20. The molecule has 1 amide bonds. The van der Waals surface area contributed by atoms with Gasteiger partial charge in [-0.15, -0.1) is 5.10 Å². The number of hydrogen-bond acceptors (Lipinski definition) is 4. The maximum absolute atomic E-state index is 13.5. The molecule has 2 aromatic carbocycles. The third-order valence-corrected chi connectivity index (χ3v) is 2.91.